The molecule has 0 saturated carbocycles. The van der Waals surface area contributed by atoms with Crippen molar-refractivity contribution in [2.75, 3.05) is 13.0 Å². The highest BCUT2D eigenvalue weighted by atomic mass is 16.4. The van der Waals surface area contributed by atoms with E-state index in [9.17, 15) is 14.7 Å². The van der Waals surface area contributed by atoms with Crippen LogP contribution in [-0.4, -0.2) is 24.9 Å². The molecule has 0 unspecified atom stereocenters. The highest BCUT2D eigenvalue weighted by Gasteiger charge is 1.95. The Morgan fingerprint density at radius 3 is 2.67 bits per heavy atom. The smallest absolute Gasteiger partial charge is 0.275 e. The van der Waals surface area contributed by atoms with Crippen LogP contribution in [0.2, 0.25) is 0 Å². The third-order valence-corrected chi connectivity index (χ3v) is 0.554. The van der Waals surface area contributed by atoms with Gasteiger partial charge in [-0.25, -0.2) is 0 Å². The van der Waals surface area contributed by atoms with Gasteiger partial charge in [0.25, 0.3) is 5.91 Å². The van der Waals surface area contributed by atoms with Crippen LogP contribution in [0.3, 0.4) is 0 Å². The molecule has 0 aliphatic heterocycles. The van der Waals surface area contributed by atoms with Gasteiger partial charge in [0.05, 0.1) is 12.5 Å². The minimum absolute atomic E-state index is 0.701. The highest BCUT2D eigenvalue weighted by Crippen LogP contribution is 1.56. The standard InChI is InChI=1S/C4H8N2O3/c5-1-3(7)6-2-4(8)9/h1-2,5H2,(H,6,7)(H,8,9)/i1D2. The summed E-state index contributed by atoms with van der Waals surface area (Å²) in [5.41, 5.74) is 2.86. The van der Waals surface area contributed by atoms with Gasteiger partial charge in [-0.2, -0.15) is 0 Å². The molecule has 52 valence electrons. The Morgan fingerprint density at radius 1 is 1.78 bits per heavy atom. The van der Waals surface area contributed by atoms with E-state index < -0.39 is 24.9 Å². The molecule has 0 atom stereocenters. The molecule has 0 aromatic heterocycles. The van der Waals surface area contributed by atoms with Gasteiger partial charge in [0.15, 0.2) is 6.50 Å². The average Bonchev–Trinajstić information content (AvgIpc) is 1.80. The minimum atomic E-state index is -2.30. The molecule has 0 saturated heterocycles. The van der Waals surface area contributed by atoms with Crippen molar-refractivity contribution in [1.82, 2.24) is 5.32 Å². The first-order valence-electron chi connectivity index (χ1n) is 3.17. The van der Waals surface area contributed by atoms with Crippen LogP contribution in [0, 0.1) is 0 Å². The maximum absolute atomic E-state index is 10.5. The number of aliphatic carboxylic acids is 1. The zero-order valence-electron chi connectivity index (χ0n) is 6.64. The number of rotatable bonds is 3. The van der Waals surface area contributed by atoms with Gasteiger partial charge in [0.2, 0.25) is 0 Å². The number of amides is 1. The van der Waals surface area contributed by atoms with Crippen LogP contribution in [0.5, 0.6) is 0 Å². The number of carboxylic acids is 1. The van der Waals surface area contributed by atoms with E-state index in [2.05, 4.69) is 5.73 Å². The summed E-state index contributed by atoms with van der Waals surface area (Å²) in [6, 6.07) is 0. The van der Waals surface area contributed by atoms with Crippen molar-refractivity contribution in [3.63, 3.8) is 0 Å². The second kappa shape index (κ2) is 3.85. The van der Waals surface area contributed by atoms with Gasteiger partial charge in [-0.05, 0) is 0 Å². The summed E-state index contributed by atoms with van der Waals surface area (Å²) in [5.74, 6) is -2.54. The fourth-order valence-electron chi connectivity index (χ4n) is 0.215. The number of hydrogen-bond acceptors (Lipinski definition) is 3. The first-order chi connectivity index (χ1) is 4.84. The predicted molar refractivity (Wildman–Crippen MR) is 25.8 cm³/mol. The molecule has 0 radical (unpaired) electrons. The molecule has 1 amide bonds. The van der Waals surface area contributed by atoms with Gasteiger partial charge in [-0.3, -0.25) is 4.79 Å². The summed E-state index contributed by atoms with van der Waals surface area (Å²) in [6.45, 7) is -3.00. The van der Waals surface area contributed by atoms with Gasteiger partial charge >= 0.3 is 0 Å². The Kier molecular flexibility index (Phi) is 2.03. The predicted octanol–water partition coefficient (Wildman–Crippen LogP) is -3.91. The number of carbonyl (C=O) groups excluding carboxylic acids is 2. The van der Waals surface area contributed by atoms with Gasteiger partial charge in [0, 0.05) is 0 Å². The first-order valence-corrected chi connectivity index (χ1v) is 2.17. The lowest BCUT2D eigenvalue weighted by molar-refractivity contribution is -0.355. The molecule has 5 heteroatoms. The average molecular weight is 134 g/mol. The number of carboxylic acid groups (broad SMARTS) is 1. The van der Waals surface area contributed by atoms with Crippen LogP contribution < -0.4 is 16.2 Å². The summed E-state index contributed by atoms with van der Waals surface area (Å²) in [4.78, 5) is 20.3. The van der Waals surface area contributed by atoms with Crippen LogP contribution >= 0.6 is 0 Å². The van der Waals surface area contributed by atoms with Crippen molar-refractivity contribution in [3.05, 3.63) is 0 Å². The third-order valence-electron chi connectivity index (χ3n) is 0.554. The van der Waals surface area contributed by atoms with Gasteiger partial charge < -0.3 is 21.0 Å². The summed E-state index contributed by atoms with van der Waals surface area (Å²) in [6.07, 6.45) is 0. The number of hydrogen-bond donors (Lipinski definition) is 2. The molecule has 0 rings (SSSR count). The van der Waals surface area contributed by atoms with Crippen LogP contribution in [0.1, 0.15) is 2.74 Å². The van der Waals surface area contributed by atoms with Crippen molar-refractivity contribution in [1.29, 1.82) is 0 Å². The van der Waals surface area contributed by atoms with Crippen LogP contribution in [0.25, 0.3) is 0 Å². The number of carbonyl (C=O) groups is 2. The summed E-state index contributed by atoms with van der Waals surface area (Å²) in [5, 5.41) is 11.5. The van der Waals surface area contributed by atoms with Gasteiger partial charge in [-0.1, -0.05) is 0 Å². The maximum Gasteiger partial charge on any atom is 0.275 e. The van der Waals surface area contributed by atoms with Crippen LogP contribution in [0.4, 0.5) is 0 Å². The fourth-order valence-corrected chi connectivity index (χ4v) is 0.215. The first kappa shape index (κ1) is 4.75. The molecular formula is C4H8N2O3. The Labute approximate surface area is 54.7 Å². The largest absolute Gasteiger partial charge is 0.548 e. The second-order valence-electron chi connectivity index (χ2n) is 1.23. The molecule has 0 heterocycles. The number of quaternary nitrogens is 1. The van der Waals surface area contributed by atoms with Crippen LogP contribution in [-0.2, 0) is 9.59 Å². The molecule has 0 aromatic carbocycles. The normalized spacial score (nSPS) is 13.4. The Hall–Kier alpha value is -1.10. The van der Waals surface area contributed by atoms with Gasteiger partial charge in [-0.15, -0.1) is 0 Å². The molecule has 9 heavy (non-hydrogen) atoms. The van der Waals surface area contributed by atoms with Crippen molar-refractivity contribution in [2.24, 2.45) is 0 Å². The molecule has 4 N–H and O–H groups in total. The van der Waals surface area contributed by atoms with E-state index in [4.69, 9.17) is 2.74 Å². The van der Waals surface area contributed by atoms with E-state index in [0.717, 1.165) is 0 Å². The molecule has 0 fully saturated rings. The topological polar surface area (TPSA) is 96.9 Å². The molecule has 0 aliphatic carbocycles. The molecule has 0 bridgehead atoms. The van der Waals surface area contributed by atoms with Crippen molar-refractivity contribution in [3.8, 4) is 0 Å². The molecule has 5 nitrogen and oxygen atoms in total. The zero-order valence-corrected chi connectivity index (χ0v) is 4.64. The van der Waals surface area contributed by atoms with Crippen molar-refractivity contribution < 1.29 is 23.2 Å². The van der Waals surface area contributed by atoms with E-state index in [-0.39, 0.29) is 0 Å². The molecule has 0 aliphatic rings. The van der Waals surface area contributed by atoms with Crippen molar-refractivity contribution in [2.45, 2.75) is 0 Å². The quantitative estimate of drug-likeness (QED) is 0.412. The number of nitrogens with one attached hydrogen (secondary N) is 1. The molecule has 0 spiro atoms. The zero-order chi connectivity index (χ0) is 9.07. The fraction of sp³-hybridized carbons (Fsp3) is 0.500. The van der Waals surface area contributed by atoms with E-state index in [0.29, 0.717) is 0 Å². The van der Waals surface area contributed by atoms with E-state index >= 15 is 0 Å². The van der Waals surface area contributed by atoms with Gasteiger partial charge in [0.1, 0.15) is 2.74 Å². The summed E-state index contributed by atoms with van der Waals surface area (Å²) < 4.78 is 13.4. The SMILES string of the molecule is [2H]C([2H])([NH3+])C(=O)NCC(=O)[O-]. The van der Waals surface area contributed by atoms with E-state index in [1.807, 2.05) is 0 Å². The minimum Gasteiger partial charge on any atom is -0.548 e. The van der Waals surface area contributed by atoms with Crippen molar-refractivity contribution >= 4 is 11.9 Å². The maximum atomic E-state index is 10.5. The molecular weight excluding hydrogens is 124 g/mol. The lowest BCUT2D eigenvalue weighted by Crippen LogP contribution is -2.58. The Bertz CT molecular complexity index is 177. The van der Waals surface area contributed by atoms with E-state index in [1.165, 1.54) is 0 Å². The van der Waals surface area contributed by atoms with Crippen LogP contribution in [0.15, 0.2) is 0 Å². The monoisotopic (exact) mass is 134 g/mol. The molecule has 0 aromatic rings. The third kappa shape index (κ3) is 4.76. The summed E-state index contributed by atoms with van der Waals surface area (Å²) >= 11 is 0. The van der Waals surface area contributed by atoms with E-state index in [1.54, 1.807) is 5.32 Å². The second-order valence-corrected chi connectivity index (χ2v) is 1.23. The Morgan fingerprint density at radius 2 is 2.33 bits per heavy atom. The summed E-state index contributed by atoms with van der Waals surface area (Å²) in [7, 11) is 0. The highest BCUT2D eigenvalue weighted by molar-refractivity contribution is 5.80. The Balaban J connectivity index is 3.80. The lowest BCUT2D eigenvalue weighted by atomic mass is 10.5. The lowest BCUT2D eigenvalue weighted by Gasteiger charge is -2.00.